The molecule has 0 unspecified atom stereocenters. The number of hydrogen-bond acceptors (Lipinski definition) is 0. The van der Waals surface area contributed by atoms with Crippen LogP contribution in [0.1, 0.15) is 95.7 Å². The van der Waals surface area contributed by atoms with Crippen LogP contribution < -0.4 is 0 Å². The van der Waals surface area contributed by atoms with Gasteiger partial charge < -0.3 is 0 Å². The average Bonchev–Trinajstić information content (AvgIpc) is 3.16. The van der Waals surface area contributed by atoms with Crippen molar-refractivity contribution in [2.75, 3.05) is 0 Å². The van der Waals surface area contributed by atoms with E-state index < -0.39 is 0 Å². The highest BCUT2D eigenvalue weighted by Gasteiger charge is 2.28. The van der Waals surface area contributed by atoms with Crippen LogP contribution >= 0.6 is 0 Å². The molecule has 0 nitrogen and oxygen atoms in total. The van der Waals surface area contributed by atoms with E-state index in [0.29, 0.717) is 0 Å². The van der Waals surface area contributed by atoms with E-state index in [1.54, 1.807) is 0 Å². The molecule has 3 aromatic carbocycles. The van der Waals surface area contributed by atoms with Gasteiger partial charge in [-0.05, 0) is 72.4 Å². The summed E-state index contributed by atoms with van der Waals surface area (Å²) < 4.78 is 0. The molecule has 0 heterocycles. The molecule has 0 amide bonds. The Bertz CT molecular complexity index is 1170. The second kappa shape index (κ2) is 8.01. The third-order valence-electron chi connectivity index (χ3n) is 6.76. The fourth-order valence-electron chi connectivity index (χ4n) is 4.65. The molecule has 0 saturated heterocycles. The van der Waals surface area contributed by atoms with Gasteiger partial charge in [0, 0.05) is 6.42 Å². The molecule has 0 saturated carbocycles. The molecule has 4 rings (SSSR count). The standard InChI is InChI=1S/C33H39/c1-31(2,3)26-18-25(19-27(21-26)32(4,5)6)30-28-20-24(22-13-11-10-12-14-22)17-23(28)15-16-29(30)33(7,8)9/h10-21H,1-9H3. The van der Waals surface area contributed by atoms with Crippen LogP contribution in [0.2, 0.25) is 0 Å². The second-order valence-corrected chi connectivity index (χ2v) is 12.7. The topological polar surface area (TPSA) is 0 Å². The Morgan fingerprint density at radius 3 is 1.64 bits per heavy atom. The van der Waals surface area contributed by atoms with E-state index in [9.17, 15) is 0 Å². The monoisotopic (exact) mass is 435 g/mol. The molecular weight excluding hydrogens is 396 g/mol. The lowest BCUT2D eigenvalue weighted by molar-refractivity contribution is 0.568. The molecule has 0 aliphatic heterocycles. The van der Waals surface area contributed by atoms with Crippen LogP contribution in [0.15, 0.2) is 60.7 Å². The molecular formula is C33H39. The molecule has 1 aliphatic carbocycles. The normalized spacial score (nSPS) is 14.3. The first-order valence-corrected chi connectivity index (χ1v) is 12.2. The van der Waals surface area contributed by atoms with Crippen molar-refractivity contribution in [3.05, 3.63) is 100 Å². The van der Waals surface area contributed by atoms with Crippen LogP contribution in [0.3, 0.4) is 0 Å². The second-order valence-electron chi connectivity index (χ2n) is 12.7. The predicted molar refractivity (Wildman–Crippen MR) is 146 cm³/mol. The summed E-state index contributed by atoms with van der Waals surface area (Å²) in [6.07, 6.45) is 4.74. The number of fused-ring (bicyclic) bond motifs is 1. The first-order valence-electron chi connectivity index (χ1n) is 12.2. The summed E-state index contributed by atoms with van der Waals surface area (Å²) in [7, 11) is 0. The SMILES string of the molecule is CC(C)(C)c1cc(-c2c(C(C)(C)C)ccc3c2C=C(c2ccccc2)[CH]3)cc(C(C)(C)C)c1. The largest absolute Gasteiger partial charge is 0.0622 e. The summed E-state index contributed by atoms with van der Waals surface area (Å²) in [6.45, 7) is 20.9. The van der Waals surface area contributed by atoms with Gasteiger partial charge in [-0.3, -0.25) is 0 Å². The number of rotatable bonds is 2. The molecule has 1 aliphatic rings. The minimum atomic E-state index is 0.0489. The van der Waals surface area contributed by atoms with Crippen molar-refractivity contribution in [1.82, 2.24) is 0 Å². The van der Waals surface area contributed by atoms with Gasteiger partial charge in [-0.2, -0.15) is 0 Å². The van der Waals surface area contributed by atoms with E-state index in [1.807, 2.05) is 0 Å². The smallest absolute Gasteiger partial charge is 0.0211 e. The van der Waals surface area contributed by atoms with E-state index in [0.717, 1.165) is 0 Å². The quantitative estimate of drug-likeness (QED) is 0.376. The third kappa shape index (κ3) is 4.72. The zero-order chi connectivity index (χ0) is 24.2. The first kappa shape index (κ1) is 23.6. The predicted octanol–water partition coefficient (Wildman–Crippen LogP) is 9.35. The Morgan fingerprint density at radius 2 is 1.12 bits per heavy atom. The van der Waals surface area contributed by atoms with Crippen LogP contribution in [0.4, 0.5) is 0 Å². The summed E-state index contributed by atoms with van der Waals surface area (Å²) in [6, 6.07) is 22.7. The van der Waals surface area contributed by atoms with Crippen molar-refractivity contribution in [2.45, 2.75) is 78.6 Å². The van der Waals surface area contributed by atoms with Crippen molar-refractivity contribution in [3.8, 4) is 11.1 Å². The van der Waals surface area contributed by atoms with E-state index in [1.165, 1.54) is 50.1 Å². The van der Waals surface area contributed by atoms with Gasteiger partial charge in [0.05, 0.1) is 0 Å². The Hall–Kier alpha value is -2.60. The lowest BCUT2D eigenvalue weighted by Crippen LogP contribution is -2.18. The first-order chi connectivity index (χ1) is 15.2. The van der Waals surface area contributed by atoms with Crippen molar-refractivity contribution in [3.63, 3.8) is 0 Å². The highest BCUT2D eigenvalue weighted by molar-refractivity contribution is 5.99. The lowest BCUT2D eigenvalue weighted by Gasteiger charge is -2.29. The minimum absolute atomic E-state index is 0.0489. The maximum absolute atomic E-state index is 2.44. The zero-order valence-corrected chi connectivity index (χ0v) is 21.9. The van der Waals surface area contributed by atoms with E-state index in [-0.39, 0.29) is 16.2 Å². The minimum Gasteiger partial charge on any atom is -0.0622 e. The van der Waals surface area contributed by atoms with Gasteiger partial charge in [-0.15, -0.1) is 0 Å². The molecule has 0 heteroatoms. The van der Waals surface area contributed by atoms with E-state index in [2.05, 4.69) is 135 Å². The zero-order valence-electron chi connectivity index (χ0n) is 21.9. The highest BCUT2D eigenvalue weighted by Crippen LogP contribution is 2.45. The Balaban J connectivity index is 2.02. The Labute approximate surface area is 201 Å². The summed E-state index contributed by atoms with van der Waals surface area (Å²) in [5, 5.41) is 0. The summed E-state index contributed by atoms with van der Waals surface area (Å²) in [5.74, 6) is 0. The summed E-state index contributed by atoms with van der Waals surface area (Å²) in [5.41, 5.74) is 12.4. The number of benzene rings is 3. The summed E-state index contributed by atoms with van der Waals surface area (Å²) >= 11 is 0. The van der Waals surface area contributed by atoms with Crippen molar-refractivity contribution >= 4 is 11.6 Å². The average molecular weight is 436 g/mol. The lowest BCUT2D eigenvalue weighted by atomic mass is 9.75. The molecule has 0 fully saturated rings. The van der Waals surface area contributed by atoms with Crippen LogP contribution in [0.5, 0.6) is 0 Å². The molecule has 0 aromatic heterocycles. The molecule has 0 N–H and O–H groups in total. The molecule has 33 heavy (non-hydrogen) atoms. The Kier molecular flexibility index (Phi) is 5.72. The highest BCUT2D eigenvalue weighted by atomic mass is 14.3. The van der Waals surface area contributed by atoms with Crippen LogP contribution in [0, 0.1) is 6.42 Å². The summed E-state index contributed by atoms with van der Waals surface area (Å²) in [4.78, 5) is 0. The fraction of sp³-hybridized carbons (Fsp3) is 0.364. The van der Waals surface area contributed by atoms with Crippen molar-refractivity contribution in [2.24, 2.45) is 0 Å². The molecule has 1 radical (unpaired) electrons. The maximum Gasteiger partial charge on any atom is 0.0211 e. The van der Waals surface area contributed by atoms with Crippen molar-refractivity contribution in [1.29, 1.82) is 0 Å². The van der Waals surface area contributed by atoms with Gasteiger partial charge in [0.2, 0.25) is 0 Å². The fourth-order valence-corrected chi connectivity index (χ4v) is 4.65. The molecule has 0 atom stereocenters. The van der Waals surface area contributed by atoms with Gasteiger partial charge in [0.1, 0.15) is 0 Å². The van der Waals surface area contributed by atoms with Gasteiger partial charge in [-0.25, -0.2) is 0 Å². The third-order valence-corrected chi connectivity index (χ3v) is 6.76. The van der Waals surface area contributed by atoms with Crippen LogP contribution in [0.25, 0.3) is 22.8 Å². The molecule has 0 bridgehead atoms. The van der Waals surface area contributed by atoms with Gasteiger partial charge in [0.25, 0.3) is 0 Å². The van der Waals surface area contributed by atoms with E-state index >= 15 is 0 Å². The molecule has 0 spiro atoms. The number of allylic oxidation sites excluding steroid dienone is 1. The Morgan fingerprint density at radius 1 is 0.545 bits per heavy atom. The van der Waals surface area contributed by atoms with E-state index in [4.69, 9.17) is 0 Å². The van der Waals surface area contributed by atoms with Gasteiger partial charge >= 0.3 is 0 Å². The molecule has 3 aromatic rings. The number of hydrogen-bond donors (Lipinski definition) is 0. The van der Waals surface area contributed by atoms with Gasteiger partial charge in [-0.1, -0.05) is 123 Å². The van der Waals surface area contributed by atoms with Crippen LogP contribution in [-0.2, 0) is 16.2 Å². The van der Waals surface area contributed by atoms with Crippen molar-refractivity contribution < 1.29 is 0 Å². The van der Waals surface area contributed by atoms with Crippen LogP contribution in [-0.4, -0.2) is 0 Å². The maximum atomic E-state index is 2.44. The molecule has 171 valence electrons. The van der Waals surface area contributed by atoms with Gasteiger partial charge in [0.15, 0.2) is 0 Å².